The molecule has 0 radical (unpaired) electrons. The van der Waals surface area contributed by atoms with E-state index >= 15 is 0 Å². The Morgan fingerprint density at radius 3 is 2.15 bits per heavy atom. The van der Waals surface area contributed by atoms with Gasteiger partial charge in [-0.15, -0.1) is 0 Å². The number of fused-ring (bicyclic) bond motifs is 1. The Morgan fingerprint density at radius 2 is 1.54 bits per heavy atom. The monoisotopic (exact) mass is 528 g/mol. The van der Waals surface area contributed by atoms with Crippen molar-refractivity contribution in [1.82, 2.24) is 4.90 Å². The van der Waals surface area contributed by atoms with Crippen molar-refractivity contribution in [3.63, 3.8) is 0 Å². The van der Waals surface area contributed by atoms with Crippen LogP contribution in [0.1, 0.15) is 68.5 Å². The fourth-order valence-electron chi connectivity index (χ4n) is 4.56. The van der Waals surface area contributed by atoms with Crippen molar-refractivity contribution in [2.24, 2.45) is 0 Å². The topological polar surface area (TPSA) is 102 Å². The van der Waals surface area contributed by atoms with Crippen LogP contribution in [0.3, 0.4) is 0 Å². The van der Waals surface area contributed by atoms with Crippen LogP contribution in [0, 0.1) is 0 Å². The number of para-hydroxylation sites is 1. The van der Waals surface area contributed by atoms with Crippen molar-refractivity contribution in [2.45, 2.75) is 46.1 Å². The van der Waals surface area contributed by atoms with Gasteiger partial charge in [0.25, 0.3) is 17.7 Å². The number of esters is 1. The molecule has 0 fully saturated rings. The predicted molar refractivity (Wildman–Crippen MR) is 147 cm³/mol. The zero-order valence-corrected chi connectivity index (χ0v) is 22.6. The summed E-state index contributed by atoms with van der Waals surface area (Å²) in [6.45, 7) is 5.72. The number of imide groups is 1. The molecule has 8 heteroatoms. The maximum Gasteiger partial charge on any atom is 0.338 e. The van der Waals surface area contributed by atoms with Gasteiger partial charge in [-0.1, -0.05) is 44.2 Å². The normalized spacial score (nSPS) is 13.2. The van der Waals surface area contributed by atoms with E-state index in [1.165, 1.54) is 30.0 Å². The third-order valence-electron chi connectivity index (χ3n) is 6.89. The van der Waals surface area contributed by atoms with Gasteiger partial charge in [0.1, 0.15) is 5.75 Å². The van der Waals surface area contributed by atoms with Crippen LogP contribution >= 0.6 is 0 Å². The van der Waals surface area contributed by atoms with Crippen LogP contribution in [0.4, 0.5) is 5.69 Å². The molecule has 0 aromatic heterocycles. The summed E-state index contributed by atoms with van der Waals surface area (Å²) in [6, 6.07) is 17.5. The lowest BCUT2D eigenvalue weighted by Gasteiger charge is -2.18. The maximum absolute atomic E-state index is 13.0. The second-order valence-electron chi connectivity index (χ2n) is 9.32. The molecule has 1 atom stereocenters. The van der Waals surface area contributed by atoms with Gasteiger partial charge < -0.3 is 14.8 Å². The summed E-state index contributed by atoms with van der Waals surface area (Å²) < 4.78 is 10.6. The smallest absolute Gasteiger partial charge is 0.338 e. The average molecular weight is 529 g/mol. The fraction of sp³-hybridized carbons (Fsp3) is 0.290. The highest BCUT2D eigenvalue weighted by Crippen LogP contribution is 2.26. The summed E-state index contributed by atoms with van der Waals surface area (Å²) in [7, 11) is 1.59. The molecule has 3 aromatic rings. The number of anilines is 1. The van der Waals surface area contributed by atoms with E-state index in [-0.39, 0.29) is 23.2 Å². The van der Waals surface area contributed by atoms with Crippen LogP contribution in [0.2, 0.25) is 0 Å². The number of methoxy groups -OCH3 is 1. The summed E-state index contributed by atoms with van der Waals surface area (Å²) in [5.74, 6) is -1.35. The molecule has 0 saturated heterocycles. The molecule has 8 nitrogen and oxygen atoms in total. The van der Waals surface area contributed by atoms with E-state index in [2.05, 4.69) is 5.32 Å². The number of nitrogens with one attached hydrogen (secondary N) is 1. The number of benzene rings is 3. The second-order valence-corrected chi connectivity index (χ2v) is 9.32. The molecule has 0 saturated carbocycles. The fourth-order valence-corrected chi connectivity index (χ4v) is 4.56. The molecule has 1 aliphatic heterocycles. The summed E-state index contributed by atoms with van der Waals surface area (Å²) >= 11 is 0. The quantitative estimate of drug-likeness (QED) is 0.298. The molecular weight excluding hydrogens is 496 g/mol. The Balaban J connectivity index is 1.41. The van der Waals surface area contributed by atoms with Crippen molar-refractivity contribution in [1.29, 1.82) is 0 Å². The van der Waals surface area contributed by atoms with Gasteiger partial charge in [-0.3, -0.25) is 19.3 Å². The Kier molecular flexibility index (Phi) is 8.44. The van der Waals surface area contributed by atoms with E-state index in [1.807, 2.05) is 56.3 Å². The first kappa shape index (κ1) is 27.6. The minimum Gasteiger partial charge on any atom is -0.497 e. The number of carbonyl (C=O) groups is 4. The molecule has 1 heterocycles. The number of rotatable bonds is 10. The van der Waals surface area contributed by atoms with Crippen LogP contribution in [0.15, 0.2) is 60.7 Å². The molecule has 1 N–H and O–H groups in total. The van der Waals surface area contributed by atoms with Crippen LogP contribution in [-0.2, 0) is 28.8 Å². The van der Waals surface area contributed by atoms with Gasteiger partial charge in [0, 0.05) is 12.2 Å². The van der Waals surface area contributed by atoms with Crippen molar-refractivity contribution in [2.75, 3.05) is 19.0 Å². The molecule has 0 spiro atoms. The molecule has 3 aromatic carbocycles. The first-order valence-corrected chi connectivity index (χ1v) is 13.0. The number of ether oxygens (including phenoxy) is 2. The van der Waals surface area contributed by atoms with E-state index in [0.717, 1.165) is 41.0 Å². The zero-order valence-electron chi connectivity index (χ0n) is 22.6. The standard InChI is InChI=1S/C31H32N2O6/c1-5-21-8-7-9-22(6-2)27(21)32-28(34)19(3)39-31(37)23-12-15-25-26(18-23)30(36)33(29(25)35)17-16-20-10-13-24(38-4)14-11-20/h7-15,18-19H,5-6,16-17H2,1-4H3,(H,32,34). The van der Waals surface area contributed by atoms with Gasteiger partial charge in [0.05, 0.1) is 23.8 Å². The average Bonchev–Trinajstić information content (AvgIpc) is 3.20. The van der Waals surface area contributed by atoms with Gasteiger partial charge in [-0.05, 0) is 73.2 Å². The Morgan fingerprint density at radius 1 is 0.897 bits per heavy atom. The molecule has 0 aliphatic carbocycles. The third-order valence-corrected chi connectivity index (χ3v) is 6.89. The van der Waals surface area contributed by atoms with E-state index in [4.69, 9.17) is 9.47 Å². The van der Waals surface area contributed by atoms with Gasteiger partial charge >= 0.3 is 5.97 Å². The number of amides is 3. The van der Waals surface area contributed by atoms with Gasteiger partial charge in [0.2, 0.25) is 0 Å². The zero-order chi connectivity index (χ0) is 28.1. The Bertz CT molecular complexity index is 1390. The Hall–Kier alpha value is -4.46. The predicted octanol–water partition coefficient (Wildman–Crippen LogP) is 4.84. The van der Waals surface area contributed by atoms with Crippen molar-refractivity contribution in [3.8, 4) is 5.75 Å². The van der Waals surface area contributed by atoms with Crippen LogP contribution in [0.5, 0.6) is 5.75 Å². The first-order chi connectivity index (χ1) is 18.8. The number of aryl methyl sites for hydroxylation is 2. The summed E-state index contributed by atoms with van der Waals surface area (Å²) in [6.07, 6.45) is 0.907. The molecular formula is C31H32N2O6. The van der Waals surface area contributed by atoms with Gasteiger partial charge in [-0.2, -0.15) is 0 Å². The van der Waals surface area contributed by atoms with E-state index in [9.17, 15) is 19.2 Å². The van der Waals surface area contributed by atoms with Gasteiger partial charge in [0.15, 0.2) is 6.10 Å². The number of nitrogens with zero attached hydrogens (tertiary/aromatic N) is 1. The highest BCUT2D eigenvalue weighted by atomic mass is 16.5. The van der Waals surface area contributed by atoms with Crippen LogP contribution < -0.4 is 10.1 Å². The van der Waals surface area contributed by atoms with Gasteiger partial charge in [-0.25, -0.2) is 4.79 Å². The van der Waals surface area contributed by atoms with E-state index in [0.29, 0.717) is 6.42 Å². The minimum atomic E-state index is -1.07. The third kappa shape index (κ3) is 5.85. The SMILES string of the molecule is CCc1cccc(CC)c1NC(=O)C(C)OC(=O)c1ccc2c(c1)C(=O)N(CCc1ccc(OC)cc1)C2=O. The second kappa shape index (κ2) is 11.9. The van der Waals surface area contributed by atoms with Crippen molar-refractivity contribution >= 4 is 29.4 Å². The van der Waals surface area contributed by atoms with Crippen LogP contribution in [-0.4, -0.2) is 48.3 Å². The lowest BCUT2D eigenvalue weighted by atomic mass is 10.0. The highest BCUT2D eigenvalue weighted by Gasteiger charge is 2.36. The largest absolute Gasteiger partial charge is 0.497 e. The summed E-state index contributed by atoms with van der Waals surface area (Å²) in [5.41, 5.74) is 4.17. The molecule has 0 bridgehead atoms. The lowest BCUT2D eigenvalue weighted by Crippen LogP contribution is -2.31. The van der Waals surface area contributed by atoms with Crippen molar-refractivity contribution < 1.29 is 28.7 Å². The molecule has 3 amide bonds. The highest BCUT2D eigenvalue weighted by molar-refractivity contribution is 6.22. The maximum atomic E-state index is 13.0. The molecule has 39 heavy (non-hydrogen) atoms. The van der Waals surface area contributed by atoms with Crippen molar-refractivity contribution in [3.05, 3.63) is 94.0 Å². The molecule has 202 valence electrons. The number of carbonyl (C=O) groups excluding carboxylic acids is 4. The van der Waals surface area contributed by atoms with E-state index < -0.39 is 29.8 Å². The summed E-state index contributed by atoms with van der Waals surface area (Å²) in [4.78, 5) is 52.8. The molecule has 1 aliphatic rings. The first-order valence-electron chi connectivity index (χ1n) is 13.0. The van der Waals surface area contributed by atoms with E-state index in [1.54, 1.807) is 7.11 Å². The molecule has 4 rings (SSSR count). The lowest BCUT2D eigenvalue weighted by molar-refractivity contribution is -0.123. The van der Waals surface area contributed by atoms with Crippen LogP contribution in [0.25, 0.3) is 0 Å². The minimum absolute atomic E-state index is 0.0924. The number of hydrogen-bond donors (Lipinski definition) is 1. The summed E-state index contributed by atoms with van der Waals surface area (Å²) in [5, 5.41) is 2.90. The number of hydrogen-bond acceptors (Lipinski definition) is 6. The molecule has 1 unspecified atom stereocenters. The Labute approximate surface area is 227 Å².